The third-order valence-corrected chi connectivity index (χ3v) is 5.78. The number of carbonyl (C=O) groups is 1. The monoisotopic (exact) mass is 438 g/mol. The maximum absolute atomic E-state index is 13.6. The third kappa shape index (κ3) is 3.19. The van der Waals surface area contributed by atoms with E-state index >= 15 is 0 Å². The summed E-state index contributed by atoms with van der Waals surface area (Å²) in [5.74, 6) is -0.510. The topological polar surface area (TPSA) is 86.2 Å². The molecule has 0 unspecified atom stereocenters. The molecule has 1 amide bonds. The first kappa shape index (κ1) is 20.1. The van der Waals surface area contributed by atoms with Crippen molar-refractivity contribution in [1.29, 1.82) is 0 Å². The fourth-order valence-electron chi connectivity index (χ4n) is 3.80. The maximum atomic E-state index is 13.6. The third-order valence-electron chi connectivity index (χ3n) is 5.78. The van der Waals surface area contributed by atoms with Gasteiger partial charge in [-0.2, -0.15) is 5.10 Å². The van der Waals surface area contributed by atoms with Gasteiger partial charge < -0.3 is 5.32 Å². The van der Waals surface area contributed by atoms with E-state index in [1.807, 2.05) is 18.2 Å². The number of alkyl halides is 2. The van der Waals surface area contributed by atoms with Crippen LogP contribution >= 0.6 is 0 Å². The first-order chi connectivity index (χ1) is 15.4. The summed E-state index contributed by atoms with van der Waals surface area (Å²) in [6, 6.07) is 10.4. The zero-order chi connectivity index (χ0) is 22.6. The van der Waals surface area contributed by atoms with Crippen LogP contribution in [0.25, 0.3) is 11.3 Å². The highest BCUT2D eigenvalue weighted by atomic mass is 19.3. The highest BCUT2D eigenvalue weighted by molar-refractivity contribution is 6.08. The van der Waals surface area contributed by atoms with Crippen LogP contribution in [0.4, 0.5) is 14.5 Å². The number of aromatic nitrogens is 5. The van der Waals surface area contributed by atoms with Gasteiger partial charge in [-0.15, -0.1) is 0 Å². The predicted molar refractivity (Wildman–Crippen MR) is 114 cm³/mol. The average molecular weight is 438 g/mol. The molecule has 5 rings (SSSR count). The van der Waals surface area contributed by atoms with Crippen molar-refractivity contribution >= 4 is 17.2 Å². The lowest BCUT2D eigenvalue weighted by atomic mass is 10.2. The molecule has 0 spiro atoms. The van der Waals surface area contributed by atoms with Crippen molar-refractivity contribution < 1.29 is 13.6 Å². The molecule has 0 aliphatic heterocycles. The van der Waals surface area contributed by atoms with Gasteiger partial charge in [0.1, 0.15) is 16.9 Å². The van der Waals surface area contributed by atoms with Crippen molar-refractivity contribution in [2.45, 2.75) is 32.1 Å². The molecule has 0 bridgehead atoms. The Morgan fingerprint density at radius 3 is 2.59 bits per heavy atom. The van der Waals surface area contributed by atoms with E-state index in [0.717, 1.165) is 17.4 Å². The van der Waals surface area contributed by atoms with Crippen molar-refractivity contribution in [2.24, 2.45) is 7.05 Å². The molecular weight excluding hydrogens is 418 g/mol. The number of hydrogen-bond donors (Lipinski definition) is 1. The van der Waals surface area contributed by atoms with Crippen LogP contribution in [0.5, 0.6) is 0 Å². The van der Waals surface area contributed by atoms with Crippen molar-refractivity contribution in [2.75, 3.05) is 5.32 Å². The number of hydrogen-bond acceptors (Lipinski definition) is 4. The van der Waals surface area contributed by atoms with Gasteiger partial charge in [0.15, 0.2) is 5.65 Å². The number of nitrogens with zero attached hydrogens (tertiary/aromatic N) is 5. The Bertz CT molecular complexity index is 1400. The number of carbonyl (C=O) groups excluding carboxylic acids is 1. The summed E-state index contributed by atoms with van der Waals surface area (Å²) in [6.45, 7) is 1.71. The van der Waals surface area contributed by atoms with Crippen LogP contribution in [-0.4, -0.2) is 29.9 Å². The molecule has 8 nitrogen and oxygen atoms in total. The standard InChI is InChI=1S/C22H20F2N6O2/c1-12-18(22(32)30(28(12)2)14-6-4-3-5-7-14)27-21(31)15-11-25-29-17(19(23)24)10-16(13-8-9-13)26-20(15)29/h3-7,10-11,13,19H,8-9H2,1-2H3,(H,27,31). The number of fused-ring (bicyclic) bond motifs is 1. The van der Waals surface area contributed by atoms with Crippen molar-refractivity contribution in [1.82, 2.24) is 24.0 Å². The Kier molecular flexibility index (Phi) is 4.65. The van der Waals surface area contributed by atoms with Gasteiger partial charge in [0.05, 0.1) is 17.6 Å². The van der Waals surface area contributed by atoms with E-state index in [1.165, 1.54) is 16.9 Å². The fraction of sp³-hybridized carbons (Fsp3) is 0.273. The molecule has 1 aliphatic rings. The molecule has 164 valence electrons. The number of rotatable bonds is 5. The SMILES string of the molecule is Cc1c(NC(=O)c2cnn3c(C(F)F)cc(C4CC4)nc23)c(=O)n(-c2ccccc2)n1C. The molecule has 1 saturated carbocycles. The molecular formula is C22H20F2N6O2. The van der Waals surface area contributed by atoms with E-state index in [1.54, 1.807) is 30.8 Å². The van der Waals surface area contributed by atoms with E-state index in [0.29, 0.717) is 17.1 Å². The van der Waals surface area contributed by atoms with E-state index in [-0.39, 0.29) is 28.5 Å². The summed E-state index contributed by atoms with van der Waals surface area (Å²) in [5, 5.41) is 6.61. The lowest BCUT2D eigenvalue weighted by Crippen LogP contribution is -2.23. The van der Waals surface area contributed by atoms with Crippen LogP contribution < -0.4 is 10.9 Å². The van der Waals surface area contributed by atoms with Gasteiger partial charge >= 0.3 is 0 Å². The van der Waals surface area contributed by atoms with E-state index < -0.39 is 17.9 Å². The molecule has 1 aliphatic carbocycles. The number of nitrogens with one attached hydrogen (secondary N) is 1. The maximum Gasteiger partial charge on any atom is 0.295 e. The lowest BCUT2D eigenvalue weighted by molar-refractivity contribution is 0.102. The first-order valence-corrected chi connectivity index (χ1v) is 10.2. The molecule has 4 aromatic rings. The van der Waals surface area contributed by atoms with Gasteiger partial charge in [-0.1, -0.05) is 18.2 Å². The molecule has 1 N–H and O–H groups in total. The van der Waals surface area contributed by atoms with Gasteiger partial charge in [0.25, 0.3) is 17.9 Å². The fourth-order valence-corrected chi connectivity index (χ4v) is 3.80. The average Bonchev–Trinajstić information content (AvgIpc) is 3.51. The van der Waals surface area contributed by atoms with Crippen LogP contribution in [0.2, 0.25) is 0 Å². The summed E-state index contributed by atoms with van der Waals surface area (Å²) in [4.78, 5) is 30.6. The van der Waals surface area contributed by atoms with Crippen LogP contribution in [0.1, 0.15) is 52.6 Å². The van der Waals surface area contributed by atoms with Crippen molar-refractivity contribution in [3.63, 3.8) is 0 Å². The normalized spacial score (nSPS) is 13.8. The minimum absolute atomic E-state index is 0.0308. The number of para-hydroxylation sites is 1. The highest BCUT2D eigenvalue weighted by Gasteiger charge is 2.29. The molecule has 1 aromatic carbocycles. The Morgan fingerprint density at radius 1 is 1.22 bits per heavy atom. The molecule has 1 fully saturated rings. The molecule has 3 aromatic heterocycles. The second-order valence-electron chi connectivity index (χ2n) is 7.87. The Hall–Kier alpha value is -3.82. The van der Waals surface area contributed by atoms with Crippen LogP contribution in [0.3, 0.4) is 0 Å². The Balaban J connectivity index is 1.56. The Labute approximate surface area is 181 Å². The van der Waals surface area contributed by atoms with E-state index in [2.05, 4.69) is 15.4 Å². The van der Waals surface area contributed by atoms with E-state index in [9.17, 15) is 18.4 Å². The summed E-state index contributed by atoms with van der Waals surface area (Å²) >= 11 is 0. The number of amides is 1. The van der Waals surface area contributed by atoms with Crippen molar-refractivity contribution in [3.05, 3.63) is 75.6 Å². The van der Waals surface area contributed by atoms with Gasteiger partial charge in [-0.05, 0) is 38.0 Å². The predicted octanol–water partition coefficient (Wildman–Crippen LogP) is 3.59. The van der Waals surface area contributed by atoms with Crippen LogP contribution in [0, 0.1) is 6.92 Å². The largest absolute Gasteiger partial charge is 0.316 e. The van der Waals surface area contributed by atoms with Gasteiger partial charge in [0, 0.05) is 18.7 Å². The van der Waals surface area contributed by atoms with Crippen LogP contribution in [-0.2, 0) is 7.05 Å². The number of anilines is 1. The number of benzene rings is 1. The second kappa shape index (κ2) is 7.40. The summed E-state index contributed by atoms with van der Waals surface area (Å²) in [7, 11) is 1.72. The lowest BCUT2D eigenvalue weighted by Gasteiger charge is -2.08. The van der Waals surface area contributed by atoms with E-state index in [4.69, 9.17) is 0 Å². The van der Waals surface area contributed by atoms with Crippen LogP contribution in [0.15, 0.2) is 47.4 Å². The Morgan fingerprint density at radius 2 is 1.94 bits per heavy atom. The van der Waals surface area contributed by atoms with Gasteiger partial charge in [0.2, 0.25) is 0 Å². The zero-order valence-corrected chi connectivity index (χ0v) is 17.4. The van der Waals surface area contributed by atoms with Gasteiger partial charge in [-0.25, -0.2) is 23.0 Å². The smallest absolute Gasteiger partial charge is 0.295 e. The summed E-state index contributed by atoms with van der Waals surface area (Å²) in [5.41, 5.74) is 1.21. The quantitative estimate of drug-likeness (QED) is 0.516. The summed E-state index contributed by atoms with van der Waals surface area (Å²) < 4.78 is 31.3. The first-order valence-electron chi connectivity index (χ1n) is 10.2. The van der Waals surface area contributed by atoms with Crippen molar-refractivity contribution in [3.8, 4) is 5.69 Å². The molecule has 0 atom stereocenters. The molecule has 0 saturated heterocycles. The highest BCUT2D eigenvalue weighted by Crippen LogP contribution is 2.40. The van der Waals surface area contributed by atoms with Gasteiger partial charge in [-0.3, -0.25) is 14.3 Å². The molecule has 32 heavy (non-hydrogen) atoms. The summed E-state index contributed by atoms with van der Waals surface area (Å²) in [6.07, 6.45) is 0.199. The molecule has 10 heteroatoms. The minimum atomic E-state index is -2.76. The second-order valence-corrected chi connectivity index (χ2v) is 7.87. The minimum Gasteiger partial charge on any atom is -0.316 e. The molecule has 0 radical (unpaired) electrons. The number of halogens is 2. The molecule has 3 heterocycles. The zero-order valence-electron chi connectivity index (χ0n) is 17.4.